The molecular formula is C8H12ClF6O2P. The van der Waals surface area contributed by atoms with E-state index in [0.717, 1.165) is 0 Å². The first kappa shape index (κ1) is 18.1. The standard InChI is InChI=1S/C8H12ClF6O2P/c1-6(2-9)17-5-18(16,3-7(10,11)12)4-8(13,14)15/h6H,2-5H2,1H3/t6-/m1/s1. The van der Waals surface area contributed by atoms with Crippen LogP contribution in [0.15, 0.2) is 0 Å². The molecule has 0 saturated heterocycles. The molecule has 0 heterocycles. The highest BCUT2D eigenvalue weighted by molar-refractivity contribution is 7.63. The molecule has 0 aliphatic carbocycles. The van der Waals surface area contributed by atoms with E-state index >= 15 is 0 Å². The van der Waals surface area contributed by atoms with Crippen LogP contribution in [-0.4, -0.2) is 43.0 Å². The molecule has 0 aliphatic rings. The van der Waals surface area contributed by atoms with Gasteiger partial charge in [0.05, 0.1) is 18.4 Å². The van der Waals surface area contributed by atoms with E-state index in [2.05, 4.69) is 4.74 Å². The SMILES string of the molecule is C[C@H](CCl)OCP(=O)(CC(F)(F)F)CC(F)(F)F. The van der Waals surface area contributed by atoms with Crippen molar-refractivity contribution in [1.29, 1.82) is 0 Å². The Balaban J connectivity index is 4.76. The highest BCUT2D eigenvalue weighted by Crippen LogP contribution is 2.53. The van der Waals surface area contributed by atoms with Crippen LogP contribution in [0.25, 0.3) is 0 Å². The number of hydrogen-bond acceptors (Lipinski definition) is 2. The van der Waals surface area contributed by atoms with E-state index in [-0.39, 0.29) is 5.88 Å². The van der Waals surface area contributed by atoms with Crippen LogP contribution in [0.2, 0.25) is 0 Å². The van der Waals surface area contributed by atoms with E-state index in [1.807, 2.05) is 0 Å². The molecule has 110 valence electrons. The Kier molecular flexibility index (Phi) is 6.50. The molecule has 0 bridgehead atoms. The lowest BCUT2D eigenvalue weighted by molar-refractivity contribution is -0.113. The minimum atomic E-state index is -4.94. The first-order chi connectivity index (χ1) is 7.87. The van der Waals surface area contributed by atoms with Crippen molar-refractivity contribution in [3.05, 3.63) is 0 Å². The largest absolute Gasteiger partial charge is 0.395 e. The number of hydrogen-bond donors (Lipinski definition) is 0. The highest BCUT2D eigenvalue weighted by atomic mass is 35.5. The maximum atomic E-state index is 12.1. The summed E-state index contributed by atoms with van der Waals surface area (Å²) >= 11 is 5.29. The lowest BCUT2D eigenvalue weighted by Crippen LogP contribution is -2.25. The van der Waals surface area contributed by atoms with Gasteiger partial charge in [-0.2, -0.15) is 26.3 Å². The first-order valence-corrected chi connectivity index (χ1v) is 7.55. The fourth-order valence-electron chi connectivity index (χ4n) is 1.11. The molecule has 0 spiro atoms. The van der Waals surface area contributed by atoms with E-state index < -0.39 is 44.3 Å². The van der Waals surface area contributed by atoms with E-state index in [9.17, 15) is 30.9 Å². The Hall–Kier alpha value is 0.0600. The molecule has 0 N–H and O–H groups in total. The van der Waals surface area contributed by atoms with Crippen molar-refractivity contribution >= 4 is 18.7 Å². The van der Waals surface area contributed by atoms with Crippen molar-refractivity contribution < 1.29 is 35.6 Å². The lowest BCUT2D eigenvalue weighted by Gasteiger charge is -2.22. The summed E-state index contributed by atoms with van der Waals surface area (Å²) in [5.41, 5.74) is 0. The molecule has 0 aromatic carbocycles. The Morgan fingerprint density at radius 2 is 1.50 bits per heavy atom. The number of ether oxygens (including phenoxy) is 1. The fraction of sp³-hybridized carbons (Fsp3) is 1.00. The van der Waals surface area contributed by atoms with Gasteiger partial charge in [-0.05, 0) is 6.92 Å². The molecule has 0 rings (SSSR count). The summed E-state index contributed by atoms with van der Waals surface area (Å²) in [5.74, 6) is -0.113. The average Bonchev–Trinajstić information content (AvgIpc) is 2.07. The molecule has 0 aromatic rings. The summed E-state index contributed by atoms with van der Waals surface area (Å²) in [6, 6.07) is 0. The molecule has 2 nitrogen and oxygen atoms in total. The summed E-state index contributed by atoms with van der Waals surface area (Å²) < 4.78 is 89.0. The zero-order valence-electron chi connectivity index (χ0n) is 9.32. The molecule has 0 aliphatic heterocycles. The van der Waals surface area contributed by atoms with E-state index in [4.69, 9.17) is 11.6 Å². The molecule has 10 heteroatoms. The summed E-state index contributed by atoms with van der Waals surface area (Å²) in [5, 5.41) is 0. The summed E-state index contributed by atoms with van der Waals surface area (Å²) in [6.07, 6.45) is -15.7. The van der Waals surface area contributed by atoms with Gasteiger partial charge < -0.3 is 9.30 Å². The van der Waals surface area contributed by atoms with Gasteiger partial charge in [-0.15, -0.1) is 11.6 Å². The molecule has 1 atom stereocenters. The third-order valence-corrected chi connectivity index (χ3v) is 4.67. The second-order valence-corrected chi connectivity index (χ2v) is 7.18. The zero-order chi connectivity index (χ0) is 14.6. The quantitative estimate of drug-likeness (QED) is 0.419. The second kappa shape index (κ2) is 6.48. The van der Waals surface area contributed by atoms with Gasteiger partial charge in [-0.1, -0.05) is 0 Å². The maximum absolute atomic E-state index is 12.1. The molecule has 0 unspecified atom stereocenters. The van der Waals surface area contributed by atoms with Crippen LogP contribution >= 0.6 is 18.7 Å². The monoisotopic (exact) mass is 320 g/mol. The Labute approximate surface area is 105 Å². The van der Waals surface area contributed by atoms with Crippen LogP contribution in [0.1, 0.15) is 6.92 Å². The van der Waals surface area contributed by atoms with Gasteiger partial charge in [0, 0.05) is 5.88 Å². The van der Waals surface area contributed by atoms with Crippen molar-refractivity contribution in [1.82, 2.24) is 0 Å². The average molecular weight is 321 g/mol. The van der Waals surface area contributed by atoms with Crippen LogP contribution in [0.3, 0.4) is 0 Å². The zero-order valence-corrected chi connectivity index (χ0v) is 11.0. The van der Waals surface area contributed by atoms with Gasteiger partial charge in [-0.25, -0.2) is 0 Å². The van der Waals surface area contributed by atoms with Crippen LogP contribution in [0, 0.1) is 0 Å². The number of rotatable bonds is 6. The smallest absolute Gasteiger partial charge is 0.370 e. The Morgan fingerprint density at radius 1 is 1.11 bits per heavy atom. The summed E-state index contributed by atoms with van der Waals surface area (Å²) in [6.45, 7) is 1.36. The van der Waals surface area contributed by atoms with Crippen LogP contribution < -0.4 is 0 Å². The maximum Gasteiger partial charge on any atom is 0.395 e. The third-order valence-electron chi connectivity index (χ3n) is 1.75. The molecule has 18 heavy (non-hydrogen) atoms. The van der Waals surface area contributed by atoms with Gasteiger partial charge in [0.1, 0.15) is 13.5 Å². The topological polar surface area (TPSA) is 26.3 Å². The number of alkyl halides is 7. The predicted molar refractivity (Wildman–Crippen MR) is 55.6 cm³/mol. The van der Waals surface area contributed by atoms with Crippen molar-refractivity contribution in [2.75, 3.05) is 24.6 Å². The molecule has 0 amide bonds. The van der Waals surface area contributed by atoms with Gasteiger partial charge >= 0.3 is 12.4 Å². The Morgan fingerprint density at radius 3 is 1.78 bits per heavy atom. The van der Waals surface area contributed by atoms with Gasteiger partial charge in [-0.3, -0.25) is 0 Å². The fourth-order valence-corrected chi connectivity index (χ4v) is 3.32. The van der Waals surface area contributed by atoms with Crippen molar-refractivity contribution in [2.45, 2.75) is 25.4 Å². The van der Waals surface area contributed by atoms with Crippen LogP contribution in [0.4, 0.5) is 26.3 Å². The van der Waals surface area contributed by atoms with Gasteiger partial charge in [0.25, 0.3) is 0 Å². The normalized spacial score (nSPS) is 15.8. The minimum Gasteiger partial charge on any atom is -0.370 e. The lowest BCUT2D eigenvalue weighted by atomic mass is 10.5. The summed E-state index contributed by atoms with van der Waals surface area (Å²) in [4.78, 5) is 0. The van der Waals surface area contributed by atoms with Crippen molar-refractivity contribution in [2.24, 2.45) is 0 Å². The predicted octanol–water partition coefficient (Wildman–Crippen LogP) is 4.08. The van der Waals surface area contributed by atoms with Gasteiger partial charge in [0.2, 0.25) is 0 Å². The number of halogens is 7. The second-order valence-electron chi connectivity index (χ2n) is 3.87. The molecule has 0 saturated carbocycles. The highest BCUT2D eigenvalue weighted by Gasteiger charge is 2.46. The van der Waals surface area contributed by atoms with E-state index in [1.54, 1.807) is 0 Å². The molecule has 0 radical (unpaired) electrons. The van der Waals surface area contributed by atoms with Crippen LogP contribution in [-0.2, 0) is 9.30 Å². The van der Waals surface area contributed by atoms with Crippen LogP contribution in [0.5, 0.6) is 0 Å². The van der Waals surface area contributed by atoms with E-state index in [1.165, 1.54) is 6.92 Å². The third kappa shape index (κ3) is 9.05. The van der Waals surface area contributed by atoms with Crippen molar-refractivity contribution in [3.63, 3.8) is 0 Å². The van der Waals surface area contributed by atoms with E-state index in [0.29, 0.717) is 0 Å². The Bertz CT molecular complexity index is 283. The molecule has 0 fully saturated rings. The van der Waals surface area contributed by atoms with Crippen molar-refractivity contribution in [3.8, 4) is 0 Å². The molecular weight excluding hydrogens is 309 g/mol. The minimum absolute atomic E-state index is 0.113. The summed E-state index contributed by atoms with van der Waals surface area (Å²) in [7, 11) is -4.56. The van der Waals surface area contributed by atoms with Gasteiger partial charge in [0.15, 0.2) is 0 Å². The molecule has 0 aromatic heterocycles. The first-order valence-electron chi connectivity index (χ1n) is 4.75.